The number of nitrogen functional groups attached to an aromatic ring is 1. The van der Waals surface area contributed by atoms with Crippen LogP contribution in [0.5, 0.6) is 5.75 Å². The van der Waals surface area contributed by atoms with E-state index in [1.165, 1.54) is 0 Å². The number of hydrogen-bond acceptors (Lipinski definition) is 4. The molecule has 0 spiro atoms. The first-order valence-corrected chi connectivity index (χ1v) is 4.38. The van der Waals surface area contributed by atoms with Crippen molar-refractivity contribution in [1.82, 2.24) is 0 Å². The van der Waals surface area contributed by atoms with Crippen LogP contribution in [0.3, 0.4) is 0 Å². The Morgan fingerprint density at radius 1 is 1.64 bits per heavy atom. The number of ether oxygens (including phenoxy) is 1. The molecule has 72 valence electrons. The van der Waals surface area contributed by atoms with Crippen LogP contribution in [0.1, 0.15) is 0 Å². The van der Waals surface area contributed by atoms with Crippen molar-refractivity contribution in [2.24, 2.45) is 0 Å². The molecular formula is C10H11N3O. The molecule has 2 rings (SSSR count). The zero-order valence-corrected chi connectivity index (χ0v) is 7.90. The van der Waals surface area contributed by atoms with Crippen molar-refractivity contribution in [3.8, 4) is 11.8 Å². The highest BCUT2D eigenvalue weighted by Crippen LogP contribution is 2.37. The summed E-state index contributed by atoms with van der Waals surface area (Å²) in [4.78, 5) is 1.88. The van der Waals surface area contributed by atoms with Crippen LogP contribution in [0.25, 0.3) is 0 Å². The topological polar surface area (TPSA) is 62.3 Å². The quantitative estimate of drug-likeness (QED) is 0.618. The number of nitriles is 1. The Morgan fingerprint density at radius 3 is 3.14 bits per heavy atom. The van der Waals surface area contributed by atoms with Gasteiger partial charge in [-0.15, -0.1) is 0 Å². The summed E-state index contributed by atoms with van der Waals surface area (Å²) < 4.78 is 5.44. The largest absolute Gasteiger partial charge is 0.486 e. The lowest BCUT2D eigenvalue weighted by Crippen LogP contribution is -2.39. The Labute approximate surface area is 82.5 Å². The lowest BCUT2D eigenvalue weighted by atomic mass is 10.1. The maximum absolute atomic E-state index is 8.85. The molecule has 0 bridgehead atoms. The first-order chi connectivity index (χ1) is 6.74. The van der Waals surface area contributed by atoms with Crippen LogP contribution in [0.4, 0.5) is 11.4 Å². The maximum atomic E-state index is 8.85. The SMILES string of the molecule is CN1c2cccc(N)c2OCC1C#N. The van der Waals surface area contributed by atoms with Crippen LogP contribution in [0.2, 0.25) is 0 Å². The van der Waals surface area contributed by atoms with Gasteiger partial charge in [-0.2, -0.15) is 5.26 Å². The zero-order chi connectivity index (χ0) is 10.1. The van der Waals surface area contributed by atoms with Crippen molar-refractivity contribution < 1.29 is 4.74 Å². The number of nitrogens with two attached hydrogens (primary N) is 1. The van der Waals surface area contributed by atoms with E-state index >= 15 is 0 Å². The monoisotopic (exact) mass is 189 g/mol. The van der Waals surface area contributed by atoms with Gasteiger partial charge in [0.1, 0.15) is 6.61 Å². The first-order valence-electron chi connectivity index (χ1n) is 4.38. The van der Waals surface area contributed by atoms with Crippen molar-refractivity contribution in [1.29, 1.82) is 5.26 Å². The van der Waals surface area contributed by atoms with Gasteiger partial charge in [-0.1, -0.05) is 6.07 Å². The maximum Gasteiger partial charge on any atom is 0.165 e. The molecule has 1 aromatic carbocycles. The van der Waals surface area contributed by atoms with E-state index in [2.05, 4.69) is 6.07 Å². The van der Waals surface area contributed by atoms with Crippen LogP contribution >= 0.6 is 0 Å². The Hall–Kier alpha value is -1.89. The minimum Gasteiger partial charge on any atom is -0.486 e. The molecule has 4 nitrogen and oxygen atoms in total. The molecular weight excluding hydrogens is 178 g/mol. The average molecular weight is 189 g/mol. The first kappa shape index (κ1) is 8.70. The summed E-state index contributed by atoms with van der Waals surface area (Å²) in [5.74, 6) is 0.682. The van der Waals surface area contributed by atoms with E-state index in [9.17, 15) is 0 Å². The second kappa shape index (κ2) is 3.11. The minimum absolute atomic E-state index is 0.232. The second-order valence-corrected chi connectivity index (χ2v) is 3.26. The zero-order valence-electron chi connectivity index (χ0n) is 7.90. The van der Waals surface area contributed by atoms with E-state index in [-0.39, 0.29) is 6.04 Å². The van der Waals surface area contributed by atoms with Gasteiger partial charge in [-0.25, -0.2) is 0 Å². The Balaban J connectivity index is 2.47. The van der Waals surface area contributed by atoms with Gasteiger partial charge in [0.2, 0.25) is 0 Å². The van der Waals surface area contributed by atoms with Crippen molar-refractivity contribution in [3.63, 3.8) is 0 Å². The van der Waals surface area contributed by atoms with Gasteiger partial charge in [0.05, 0.1) is 17.4 Å². The second-order valence-electron chi connectivity index (χ2n) is 3.26. The molecule has 2 N–H and O–H groups in total. The fourth-order valence-electron chi connectivity index (χ4n) is 1.54. The van der Waals surface area contributed by atoms with Gasteiger partial charge < -0.3 is 15.4 Å². The molecule has 1 aliphatic rings. The molecule has 1 heterocycles. The van der Waals surface area contributed by atoms with Crippen molar-refractivity contribution in [2.45, 2.75) is 6.04 Å². The summed E-state index contributed by atoms with van der Waals surface area (Å²) in [6.07, 6.45) is 0. The molecule has 0 aromatic heterocycles. The van der Waals surface area contributed by atoms with E-state index in [0.29, 0.717) is 18.0 Å². The summed E-state index contributed by atoms with van der Waals surface area (Å²) in [7, 11) is 1.87. The Morgan fingerprint density at radius 2 is 2.43 bits per heavy atom. The van der Waals surface area contributed by atoms with Gasteiger partial charge >= 0.3 is 0 Å². The van der Waals surface area contributed by atoms with Crippen molar-refractivity contribution in [3.05, 3.63) is 18.2 Å². The molecule has 0 saturated carbocycles. The Kier molecular flexibility index (Phi) is 1.93. The van der Waals surface area contributed by atoms with Crippen LogP contribution in [0.15, 0.2) is 18.2 Å². The number of hydrogen-bond donors (Lipinski definition) is 1. The summed E-state index contributed by atoms with van der Waals surface area (Å²) in [6.45, 7) is 0.369. The third-order valence-electron chi connectivity index (χ3n) is 2.41. The van der Waals surface area contributed by atoms with Crippen LogP contribution in [-0.4, -0.2) is 19.7 Å². The van der Waals surface area contributed by atoms with E-state index in [1.54, 1.807) is 6.07 Å². The molecule has 0 amide bonds. The Bertz CT molecular complexity index is 397. The molecule has 14 heavy (non-hydrogen) atoms. The smallest absolute Gasteiger partial charge is 0.165 e. The summed E-state index contributed by atoms with van der Waals surface area (Å²) >= 11 is 0. The van der Waals surface area contributed by atoms with E-state index < -0.39 is 0 Å². The number of rotatable bonds is 0. The average Bonchev–Trinajstić information content (AvgIpc) is 2.20. The van der Waals surface area contributed by atoms with E-state index in [4.69, 9.17) is 15.7 Å². The standard InChI is InChI=1S/C10H11N3O/c1-13-7(5-11)6-14-10-8(12)3-2-4-9(10)13/h2-4,7H,6,12H2,1H3. The molecule has 4 heteroatoms. The normalized spacial score (nSPS) is 19.4. The predicted octanol–water partition coefficient (Wildman–Crippen LogP) is 0.990. The third-order valence-corrected chi connectivity index (χ3v) is 2.41. The van der Waals surface area contributed by atoms with Crippen molar-refractivity contribution >= 4 is 11.4 Å². The highest BCUT2D eigenvalue weighted by molar-refractivity contribution is 5.71. The van der Waals surface area contributed by atoms with Crippen LogP contribution in [-0.2, 0) is 0 Å². The molecule has 0 saturated heterocycles. The molecule has 0 radical (unpaired) electrons. The van der Waals surface area contributed by atoms with Crippen LogP contribution < -0.4 is 15.4 Å². The van der Waals surface area contributed by atoms with Gasteiger partial charge in [0.15, 0.2) is 11.8 Å². The van der Waals surface area contributed by atoms with Gasteiger partial charge in [-0.3, -0.25) is 0 Å². The van der Waals surface area contributed by atoms with Crippen molar-refractivity contribution in [2.75, 3.05) is 24.3 Å². The number of likely N-dealkylation sites (N-methyl/N-ethyl adjacent to an activating group) is 1. The third kappa shape index (κ3) is 1.14. The highest BCUT2D eigenvalue weighted by Gasteiger charge is 2.25. The number of nitrogens with zero attached hydrogens (tertiary/aromatic N) is 2. The summed E-state index contributed by atoms with van der Waals surface area (Å²) in [5.41, 5.74) is 7.25. The van der Waals surface area contributed by atoms with E-state index in [1.807, 2.05) is 24.1 Å². The molecule has 0 fully saturated rings. The molecule has 1 aliphatic heterocycles. The van der Waals surface area contributed by atoms with Crippen LogP contribution in [0, 0.1) is 11.3 Å². The fraction of sp³-hybridized carbons (Fsp3) is 0.300. The molecule has 1 aromatic rings. The number of fused-ring (bicyclic) bond motifs is 1. The number of anilines is 2. The highest BCUT2D eigenvalue weighted by atomic mass is 16.5. The molecule has 0 aliphatic carbocycles. The summed E-state index contributed by atoms with van der Waals surface area (Å²) in [6, 6.07) is 7.49. The lowest BCUT2D eigenvalue weighted by molar-refractivity contribution is 0.290. The van der Waals surface area contributed by atoms with E-state index in [0.717, 1.165) is 5.69 Å². The predicted molar refractivity (Wildman–Crippen MR) is 54.2 cm³/mol. The van der Waals surface area contributed by atoms with Gasteiger partial charge in [0.25, 0.3) is 0 Å². The number of benzene rings is 1. The van der Waals surface area contributed by atoms with Gasteiger partial charge in [0, 0.05) is 7.05 Å². The molecule has 1 atom stereocenters. The minimum atomic E-state index is -0.232. The fourth-order valence-corrected chi connectivity index (χ4v) is 1.54. The molecule has 1 unspecified atom stereocenters. The summed E-state index contributed by atoms with van der Waals surface area (Å²) in [5, 5.41) is 8.85. The van der Waals surface area contributed by atoms with Gasteiger partial charge in [-0.05, 0) is 12.1 Å². The lowest BCUT2D eigenvalue weighted by Gasteiger charge is -2.32. The number of para-hydroxylation sites is 1.